The fourth-order valence-corrected chi connectivity index (χ4v) is 3.51. The summed E-state index contributed by atoms with van der Waals surface area (Å²) in [4.78, 5) is 0. The van der Waals surface area contributed by atoms with Crippen LogP contribution in [0.2, 0.25) is 0 Å². The molecule has 0 amide bonds. The Kier molecular flexibility index (Phi) is 5.94. The molecule has 1 aliphatic rings. The number of ether oxygens (including phenoxy) is 1. The van der Waals surface area contributed by atoms with Crippen molar-refractivity contribution in [3.05, 3.63) is 29.8 Å². The molecule has 1 aromatic carbocycles. The highest BCUT2D eigenvalue weighted by Gasteiger charge is 2.31. The Balaban J connectivity index is 2.12. The first-order valence-corrected chi connectivity index (χ1v) is 7.66. The summed E-state index contributed by atoms with van der Waals surface area (Å²) in [5.41, 5.74) is 3.96. The van der Waals surface area contributed by atoms with Crippen LogP contribution >= 0.6 is 0 Å². The minimum atomic E-state index is -2.79. The second-order valence-corrected chi connectivity index (χ2v) is 5.71. The number of hydrogen-bond donors (Lipinski definition) is 2. The highest BCUT2D eigenvalue weighted by atomic mass is 19.3. The van der Waals surface area contributed by atoms with Gasteiger partial charge in [0.1, 0.15) is 5.75 Å². The predicted octanol–water partition coefficient (Wildman–Crippen LogP) is 4.01. The van der Waals surface area contributed by atoms with Crippen molar-refractivity contribution in [1.82, 2.24) is 5.43 Å². The molecule has 0 heterocycles. The zero-order valence-corrected chi connectivity index (χ0v) is 12.4. The lowest BCUT2D eigenvalue weighted by atomic mass is 9.72. The Bertz CT molecular complexity index is 425. The lowest BCUT2D eigenvalue weighted by Crippen LogP contribution is -2.38. The Morgan fingerprint density at radius 3 is 2.48 bits per heavy atom. The van der Waals surface area contributed by atoms with Crippen molar-refractivity contribution in [3.8, 4) is 5.75 Å². The summed E-state index contributed by atoms with van der Waals surface area (Å²) in [5, 5.41) is 0. The molecular formula is C16H24F2N2O. The van der Waals surface area contributed by atoms with E-state index < -0.39 is 6.61 Å². The number of hydrazine groups is 1. The second kappa shape index (κ2) is 7.71. The van der Waals surface area contributed by atoms with Crippen LogP contribution in [0, 0.1) is 11.8 Å². The van der Waals surface area contributed by atoms with Crippen LogP contribution in [0.3, 0.4) is 0 Å². The predicted molar refractivity (Wildman–Crippen MR) is 78.9 cm³/mol. The van der Waals surface area contributed by atoms with Crippen molar-refractivity contribution < 1.29 is 13.5 Å². The van der Waals surface area contributed by atoms with Crippen molar-refractivity contribution in [2.45, 2.75) is 51.7 Å². The molecule has 0 aromatic heterocycles. The van der Waals surface area contributed by atoms with E-state index in [4.69, 9.17) is 5.84 Å². The maximum absolute atomic E-state index is 12.2. The number of benzene rings is 1. The van der Waals surface area contributed by atoms with Crippen molar-refractivity contribution in [2.24, 2.45) is 17.7 Å². The highest BCUT2D eigenvalue weighted by molar-refractivity contribution is 5.29. The third kappa shape index (κ3) is 4.14. The van der Waals surface area contributed by atoms with E-state index in [2.05, 4.69) is 17.1 Å². The molecule has 118 valence electrons. The molecule has 1 aliphatic carbocycles. The van der Waals surface area contributed by atoms with Gasteiger partial charge in [0.2, 0.25) is 0 Å². The van der Waals surface area contributed by atoms with Crippen LogP contribution in [0.25, 0.3) is 0 Å². The van der Waals surface area contributed by atoms with Crippen LogP contribution in [0.1, 0.15) is 50.6 Å². The monoisotopic (exact) mass is 298 g/mol. The summed E-state index contributed by atoms with van der Waals surface area (Å²) >= 11 is 0. The summed E-state index contributed by atoms with van der Waals surface area (Å²) in [6.07, 6.45) is 6.06. The third-order valence-corrected chi connectivity index (χ3v) is 4.56. The van der Waals surface area contributed by atoms with Gasteiger partial charge in [0.15, 0.2) is 0 Å². The van der Waals surface area contributed by atoms with Gasteiger partial charge in [-0.2, -0.15) is 8.78 Å². The third-order valence-electron chi connectivity index (χ3n) is 4.56. The van der Waals surface area contributed by atoms with Crippen LogP contribution in [0.15, 0.2) is 24.3 Å². The van der Waals surface area contributed by atoms with E-state index in [1.54, 1.807) is 12.1 Å². The first-order chi connectivity index (χ1) is 10.2. The lowest BCUT2D eigenvalue weighted by molar-refractivity contribution is -0.0498. The number of halogens is 2. The first-order valence-electron chi connectivity index (χ1n) is 7.66. The molecule has 3 unspecified atom stereocenters. The molecule has 3 atom stereocenters. The molecule has 5 heteroatoms. The Morgan fingerprint density at radius 1 is 1.24 bits per heavy atom. The standard InChI is InChI=1S/C16H24F2N2O/c1-2-11-5-3-4-6-14(11)15(20-19)12-7-9-13(10-8-12)21-16(17)18/h7-11,14-16,20H,2-6,19H2,1H3. The van der Waals surface area contributed by atoms with E-state index in [-0.39, 0.29) is 11.8 Å². The summed E-state index contributed by atoms with van der Waals surface area (Å²) in [6.45, 7) is -0.571. The van der Waals surface area contributed by atoms with Gasteiger partial charge in [-0.25, -0.2) is 0 Å². The average molecular weight is 298 g/mol. The van der Waals surface area contributed by atoms with Gasteiger partial charge < -0.3 is 4.74 Å². The summed E-state index contributed by atoms with van der Waals surface area (Å²) in [7, 11) is 0. The minimum Gasteiger partial charge on any atom is -0.435 e. The number of alkyl halides is 2. The molecule has 3 nitrogen and oxygen atoms in total. The fourth-order valence-electron chi connectivity index (χ4n) is 3.51. The maximum Gasteiger partial charge on any atom is 0.387 e. The first kappa shape index (κ1) is 16.2. The van der Waals surface area contributed by atoms with Gasteiger partial charge in [-0.05, 0) is 36.0 Å². The molecule has 21 heavy (non-hydrogen) atoms. The number of rotatable bonds is 6. The summed E-state index contributed by atoms with van der Waals surface area (Å²) in [6, 6.07) is 6.87. The number of hydrogen-bond acceptors (Lipinski definition) is 3. The quantitative estimate of drug-likeness (QED) is 0.616. The molecule has 1 fully saturated rings. The van der Waals surface area contributed by atoms with E-state index >= 15 is 0 Å². The SMILES string of the molecule is CCC1CCCCC1C(NN)c1ccc(OC(F)F)cc1. The average Bonchev–Trinajstić information content (AvgIpc) is 2.49. The molecule has 0 radical (unpaired) electrons. The largest absolute Gasteiger partial charge is 0.435 e. The lowest BCUT2D eigenvalue weighted by Gasteiger charge is -2.36. The Hall–Kier alpha value is -1.20. The zero-order valence-electron chi connectivity index (χ0n) is 12.4. The van der Waals surface area contributed by atoms with Crippen molar-refractivity contribution in [3.63, 3.8) is 0 Å². The molecule has 0 spiro atoms. The molecule has 2 rings (SSSR count). The van der Waals surface area contributed by atoms with Crippen LogP contribution in [-0.4, -0.2) is 6.61 Å². The van der Waals surface area contributed by atoms with Crippen LogP contribution in [0.4, 0.5) is 8.78 Å². The van der Waals surface area contributed by atoms with Crippen LogP contribution < -0.4 is 16.0 Å². The Morgan fingerprint density at radius 2 is 1.90 bits per heavy atom. The molecule has 1 aromatic rings. The maximum atomic E-state index is 12.2. The smallest absolute Gasteiger partial charge is 0.387 e. The van der Waals surface area contributed by atoms with Gasteiger partial charge in [0.25, 0.3) is 0 Å². The fraction of sp³-hybridized carbons (Fsp3) is 0.625. The van der Waals surface area contributed by atoms with Crippen molar-refractivity contribution in [1.29, 1.82) is 0 Å². The Labute approximate surface area is 124 Å². The summed E-state index contributed by atoms with van der Waals surface area (Å²) in [5.74, 6) is 7.11. The van der Waals surface area contributed by atoms with Gasteiger partial charge in [-0.15, -0.1) is 0 Å². The van der Waals surface area contributed by atoms with E-state index in [1.807, 2.05) is 12.1 Å². The molecule has 0 saturated heterocycles. The number of nitrogens with one attached hydrogen (secondary N) is 1. The topological polar surface area (TPSA) is 47.3 Å². The number of nitrogens with two attached hydrogens (primary N) is 1. The zero-order chi connectivity index (χ0) is 15.2. The van der Waals surface area contributed by atoms with E-state index in [0.29, 0.717) is 11.8 Å². The second-order valence-electron chi connectivity index (χ2n) is 5.71. The summed E-state index contributed by atoms with van der Waals surface area (Å²) < 4.78 is 28.7. The minimum absolute atomic E-state index is 0.0656. The van der Waals surface area contributed by atoms with Crippen molar-refractivity contribution in [2.75, 3.05) is 0 Å². The normalized spacial score (nSPS) is 24.0. The molecule has 0 bridgehead atoms. The molecule has 3 N–H and O–H groups in total. The van der Waals surface area contributed by atoms with Crippen LogP contribution in [0.5, 0.6) is 5.75 Å². The van der Waals surface area contributed by atoms with E-state index in [9.17, 15) is 8.78 Å². The molecular weight excluding hydrogens is 274 g/mol. The van der Waals surface area contributed by atoms with Crippen LogP contribution in [-0.2, 0) is 0 Å². The van der Waals surface area contributed by atoms with E-state index in [1.165, 1.54) is 19.3 Å². The van der Waals surface area contributed by atoms with Gasteiger partial charge in [0.05, 0.1) is 0 Å². The molecule has 0 aliphatic heterocycles. The molecule has 1 saturated carbocycles. The van der Waals surface area contributed by atoms with Gasteiger partial charge in [0, 0.05) is 6.04 Å². The van der Waals surface area contributed by atoms with Gasteiger partial charge in [-0.3, -0.25) is 11.3 Å². The highest BCUT2D eigenvalue weighted by Crippen LogP contribution is 2.40. The van der Waals surface area contributed by atoms with E-state index in [0.717, 1.165) is 18.4 Å². The van der Waals surface area contributed by atoms with Gasteiger partial charge in [-0.1, -0.05) is 44.7 Å². The van der Waals surface area contributed by atoms with Gasteiger partial charge >= 0.3 is 6.61 Å². The van der Waals surface area contributed by atoms with Crippen molar-refractivity contribution >= 4 is 0 Å².